The molecule has 1 aromatic heterocycles. The topological polar surface area (TPSA) is 84.5 Å². The van der Waals surface area contributed by atoms with Gasteiger partial charge in [-0.25, -0.2) is 0 Å². The van der Waals surface area contributed by atoms with E-state index in [1.807, 2.05) is 32.9 Å². The van der Waals surface area contributed by atoms with E-state index >= 15 is 0 Å². The second kappa shape index (κ2) is 8.62. The van der Waals surface area contributed by atoms with Crippen LogP contribution in [0.3, 0.4) is 0 Å². The molecule has 0 radical (unpaired) electrons. The van der Waals surface area contributed by atoms with Crippen molar-refractivity contribution in [2.24, 2.45) is 0 Å². The summed E-state index contributed by atoms with van der Waals surface area (Å²) >= 11 is 1.28. The molecule has 0 spiro atoms. The van der Waals surface area contributed by atoms with Gasteiger partial charge in [0.2, 0.25) is 0 Å². The smallest absolute Gasteiger partial charge is 0.326 e. The molecule has 1 aromatic carbocycles. The highest BCUT2D eigenvalue weighted by molar-refractivity contribution is 7.12. The van der Waals surface area contributed by atoms with Crippen molar-refractivity contribution in [2.45, 2.75) is 33.8 Å². The molecule has 2 rings (SSSR count). The van der Waals surface area contributed by atoms with Crippen molar-refractivity contribution < 1.29 is 19.1 Å². The molecule has 0 aliphatic heterocycles. The minimum absolute atomic E-state index is 0.295. The van der Waals surface area contributed by atoms with Crippen LogP contribution in [0.25, 0.3) is 0 Å². The minimum Gasteiger partial charge on any atom is -0.451 e. The van der Waals surface area contributed by atoms with Crippen LogP contribution < -0.4 is 10.6 Å². The van der Waals surface area contributed by atoms with Crippen molar-refractivity contribution in [3.05, 3.63) is 51.2 Å². The van der Waals surface area contributed by atoms with Gasteiger partial charge in [0.1, 0.15) is 6.54 Å². The number of nitrogens with one attached hydrogen (secondary N) is 2. The molecule has 6 nitrogen and oxygen atoms in total. The number of benzene rings is 1. The van der Waals surface area contributed by atoms with Gasteiger partial charge in [0.15, 0.2) is 6.10 Å². The van der Waals surface area contributed by atoms with Gasteiger partial charge < -0.3 is 15.4 Å². The second-order valence-corrected chi connectivity index (χ2v) is 7.00. The van der Waals surface area contributed by atoms with Crippen molar-refractivity contribution >= 4 is 34.8 Å². The summed E-state index contributed by atoms with van der Waals surface area (Å²) in [5, 5.41) is 7.04. The molecule has 0 aliphatic carbocycles. The molecule has 2 amide bonds. The lowest BCUT2D eigenvalue weighted by molar-refractivity contribution is -0.152. The van der Waals surface area contributed by atoms with Crippen molar-refractivity contribution in [3.8, 4) is 0 Å². The zero-order chi connectivity index (χ0) is 19.3. The first-order valence-corrected chi connectivity index (χ1v) is 9.05. The number of hydrogen-bond donors (Lipinski definition) is 2. The van der Waals surface area contributed by atoms with E-state index in [1.54, 1.807) is 17.5 Å². The van der Waals surface area contributed by atoms with E-state index in [-0.39, 0.29) is 12.5 Å². The van der Waals surface area contributed by atoms with Gasteiger partial charge in [-0.2, -0.15) is 0 Å². The predicted octanol–water partition coefficient (Wildman–Crippen LogP) is 2.97. The minimum atomic E-state index is -0.971. The Labute approximate surface area is 156 Å². The molecule has 1 heterocycles. The van der Waals surface area contributed by atoms with Gasteiger partial charge in [0.25, 0.3) is 11.8 Å². The normalized spacial score (nSPS) is 11.5. The predicted molar refractivity (Wildman–Crippen MR) is 101 cm³/mol. The zero-order valence-corrected chi connectivity index (χ0v) is 16.0. The third kappa shape index (κ3) is 5.16. The number of hydrogen-bond acceptors (Lipinski definition) is 5. The summed E-state index contributed by atoms with van der Waals surface area (Å²) in [5.74, 6) is -1.44. The summed E-state index contributed by atoms with van der Waals surface area (Å²) in [6, 6.07) is 7.35. The number of aryl methyl sites for hydroxylation is 3. The average molecular weight is 374 g/mol. The van der Waals surface area contributed by atoms with Crippen LogP contribution in [0.4, 0.5) is 5.69 Å². The number of thiophene rings is 1. The second-order valence-electron chi connectivity index (χ2n) is 6.06. The first-order valence-electron chi connectivity index (χ1n) is 8.18. The molecule has 2 N–H and O–H groups in total. The Morgan fingerprint density at radius 3 is 2.38 bits per heavy atom. The first kappa shape index (κ1) is 19.7. The van der Waals surface area contributed by atoms with Crippen LogP contribution in [0.1, 0.15) is 33.3 Å². The Kier molecular flexibility index (Phi) is 6.52. The highest BCUT2D eigenvalue weighted by Crippen LogP contribution is 2.22. The standard InChI is InChI=1S/C19H22N2O4S/c1-11-8-12(2)17(13(3)9-11)21-18(23)14(4)25-16(22)10-20-19(24)15-6-5-7-26-15/h5-9,14H,10H2,1-4H3,(H,20,24)(H,21,23)/t14-/m0/s1. The molecule has 0 fully saturated rings. The number of amides is 2. The Balaban J connectivity index is 1.86. The number of rotatable bonds is 6. The summed E-state index contributed by atoms with van der Waals surface area (Å²) in [6.45, 7) is 7.00. The van der Waals surface area contributed by atoms with Crippen molar-refractivity contribution in [1.29, 1.82) is 0 Å². The molecule has 0 aliphatic rings. The molecular formula is C19H22N2O4S. The average Bonchev–Trinajstić information content (AvgIpc) is 3.10. The molecule has 0 saturated heterocycles. The van der Waals surface area contributed by atoms with Crippen LogP contribution in [0.5, 0.6) is 0 Å². The molecule has 0 saturated carbocycles. The summed E-state index contributed by atoms with van der Waals surface area (Å²) in [6.07, 6.45) is -0.971. The molecule has 0 unspecified atom stereocenters. The summed E-state index contributed by atoms with van der Waals surface area (Å²) in [5.41, 5.74) is 3.71. The lowest BCUT2D eigenvalue weighted by atomic mass is 10.0. The van der Waals surface area contributed by atoms with Crippen LogP contribution in [-0.4, -0.2) is 30.4 Å². The van der Waals surface area contributed by atoms with Gasteiger partial charge in [-0.15, -0.1) is 11.3 Å². The Morgan fingerprint density at radius 2 is 1.81 bits per heavy atom. The van der Waals surface area contributed by atoms with Crippen LogP contribution >= 0.6 is 11.3 Å². The molecular weight excluding hydrogens is 352 g/mol. The third-order valence-corrected chi connectivity index (χ3v) is 4.61. The van der Waals surface area contributed by atoms with Gasteiger partial charge >= 0.3 is 5.97 Å². The molecule has 0 bridgehead atoms. The summed E-state index contributed by atoms with van der Waals surface area (Å²) in [4.78, 5) is 36.4. The Bertz CT molecular complexity index is 792. The highest BCUT2D eigenvalue weighted by atomic mass is 32.1. The van der Waals surface area contributed by atoms with Crippen LogP contribution in [0, 0.1) is 20.8 Å². The third-order valence-electron chi connectivity index (χ3n) is 3.74. The van der Waals surface area contributed by atoms with Crippen LogP contribution in [-0.2, 0) is 14.3 Å². The Hall–Kier alpha value is -2.67. The van der Waals surface area contributed by atoms with Gasteiger partial charge in [0.05, 0.1) is 4.88 Å². The lowest BCUT2D eigenvalue weighted by Crippen LogP contribution is -2.35. The van der Waals surface area contributed by atoms with E-state index in [0.29, 0.717) is 4.88 Å². The number of ether oxygens (including phenoxy) is 1. The van der Waals surface area contributed by atoms with E-state index in [0.717, 1.165) is 22.4 Å². The fourth-order valence-electron chi connectivity index (χ4n) is 2.54. The summed E-state index contributed by atoms with van der Waals surface area (Å²) < 4.78 is 5.09. The highest BCUT2D eigenvalue weighted by Gasteiger charge is 2.20. The van der Waals surface area contributed by atoms with Gasteiger partial charge in [-0.1, -0.05) is 23.8 Å². The summed E-state index contributed by atoms with van der Waals surface area (Å²) in [7, 11) is 0. The van der Waals surface area contributed by atoms with Gasteiger partial charge in [-0.05, 0) is 50.3 Å². The lowest BCUT2D eigenvalue weighted by Gasteiger charge is -2.17. The van der Waals surface area contributed by atoms with Crippen molar-refractivity contribution in [2.75, 3.05) is 11.9 Å². The monoisotopic (exact) mass is 374 g/mol. The SMILES string of the molecule is Cc1cc(C)c(NC(=O)[C@H](C)OC(=O)CNC(=O)c2cccs2)c(C)c1. The van der Waals surface area contributed by atoms with Crippen molar-refractivity contribution in [3.63, 3.8) is 0 Å². The van der Waals surface area contributed by atoms with E-state index < -0.39 is 18.0 Å². The van der Waals surface area contributed by atoms with Crippen molar-refractivity contribution in [1.82, 2.24) is 5.32 Å². The largest absolute Gasteiger partial charge is 0.451 e. The van der Waals surface area contributed by atoms with E-state index in [9.17, 15) is 14.4 Å². The maximum absolute atomic E-state index is 12.3. The number of carbonyl (C=O) groups excluding carboxylic acids is 3. The Morgan fingerprint density at radius 1 is 1.15 bits per heavy atom. The quantitative estimate of drug-likeness (QED) is 0.762. The van der Waals surface area contributed by atoms with E-state index in [1.165, 1.54) is 18.3 Å². The van der Waals surface area contributed by atoms with E-state index in [2.05, 4.69) is 10.6 Å². The molecule has 1 atom stereocenters. The molecule has 138 valence electrons. The molecule has 26 heavy (non-hydrogen) atoms. The fraction of sp³-hybridized carbons (Fsp3) is 0.316. The molecule has 7 heteroatoms. The maximum atomic E-state index is 12.3. The number of esters is 1. The fourth-order valence-corrected chi connectivity index (χ4v) is 3.18. The van der Waals surface area contributed by atoms with E-state index in [4.69, 9.17) is 4.74 Å². The van der Waals surface area contributed by atoms with Crippen LogP contribution in [0.2, 0.25) is 0 Å². The zero-order valence-electron chi connectivity index (χ0n) is 15.2. The van der Waals surface area contributed by atoms with Crippen LogP contribution in [0.15, 0.2) is 29.6 Å². The van der Waals surface area contributed by atoms with Gasteiger partial charge in [0, 0.05) is 5.69 Å². The number of anilines is 1. The molecule has 2 aromatic rings. The maximum Gasteiger partial charge on any atom is 0.326 e. The van der Waals surface area contributed by atoms with Gasteiger partial charge in [-0.3, -0.25) is 14.4 Å². The first-order chi connectivity index (χ1) is 12.3. The number of carbonyl (C=O) groups is 3.